The minimum Gasteiger partial charge on any atom is -0.496 e. The van der Waals surface area contributed by atoms with Crippen LogP contribution in [0, 0.1) is 0 Å². The van der Waals surface area contributed by atoms with Crippen LogP contribution in [0.25, 0.3) is 0 Å². The van der Waals surface area contributed by atoms with Crippen LogP contribution >= 0.6 is 0 Å². The SMILES string of the molecule is COc1ccccc1C(=O)N1CCN(CCNC(=O)c2ccc3c(c2)OCO3)CC1. The predicted octanol–water partition coefficient (Wildman–Crippen LogP) is 1.61. The molecule has 0 bridgehead atoms. The number of hydrogen-bond acceptors (Lipinski definition) is 6. The second-order valence-corrected chi connectivity index (χ2v) is 7.16. The fourth-order valence-corrected chi connectivity index (χ4v) is 3.63. The van der Waals surface area contributed by atoms with Gasteiger partial charge in [-0.1, -0.05) is 12.1 Å². The number of carbonyl (C=O) groups is 2. The molecule has 30 heavy (non-hydrogen) atoms. The van der Waals surface area contributed by atoms with Crippen molar-refractivity contribution in [3.63, 3.8) is 0 Å². The number of rotatable bonds is 6. The summed E-state index contributed by atoms with van der Waals surface area (Å²) < 4.78 is 15.9. The number of fused-ring (bicyclic) bond motifs is 1. The first-order valence-corrected chi connectivity index (χ1v) is 9.98. The van der Waals surface area contributed by atoms with E-state index in [-0.39, 0.29) is 18.6 Å². The zero-order valence-electron chi connectivity index (χ0n) is 16.9. The molecule has 8 heteroatoms. The Kier molecular flexibility index (Phi) is 6.04. The van der Waals surface area contributed by atoms with Crippen molar-refractivity contribution in [2.45, 2.75) is 0 Å². The third-order valence-corrected chi connectivity index (χ3v) is 5.35. The van der Waals surface area contributed by atoms with Crippen molar-refractivity contribution in [1.29, 1.82) is 0 Å². The van der Waals surface area contributed by atoms with Crippen molar-refractivity contribution in [1.82, 2.24) is 15.1 Å². The Morgan fingerprint density at radius 3 is 2.60 bits per heavy atom. The number of nitrogens with one attached hydrogen (secondary N) is 1. The number of para-hydroxylation sites is 1. The van der Waals surface area contributed by atoms with E-state index in [9.17, 15) is 9.59 Å². The van der Waals surface area contributed by atoms with Gasteiger partial charge in [0, 0.05) is 44.8 Å². The van der Waals surface area contributed by atoms with Gasteiger partial charge in [0.2, 0.25) is 6.79 Å². The van der Waals surface area contributed by atoms with Crippen LogP contribution in [0.3, 0.4) is 0 Å². The molecular weight excluding hydrogens is 386 g/mol. The molecule has 158 valence electrons. The van der Waals surface area contributed by atoms with Gasteiger partial charge in [-0.2, -0.15) is 0 Å². The highest BCUT2D eigenvalue weighted by molar-refractivity contribution is 5.97. The molecule has 1 fully saturated rings. The van der Waals surface area contributed by atoms with Gasteiger partial charge in [-0.25, -0.2) is 0 Å². The van der Waals surface area contributed by atoms with Crippen LogP contribution in [0.15, 0.2) is 42.5 Å². The lowest BCUT2D eigenvalue weighted by Crippen LogP contribution is -2.50. The van der Waals surface area contributed by atoms with Gasteiger partial charge in [0.15, 0.2) is 11.5 Å². The summed E-state index contributed by atoms with van der Waals surface area (Å²) in [5.41, 5.74) is 1.14. The molecule has 2 aromatic rings. The summed E-state index contributed by atoms with van der Waals surface area (Å²) in [5, 5.41) is 2.94. The molecular formula is C22H25N3O5. The lowest BCUT2D eigenvalue weighted by Gasteiger charge is -2.35. The van der Waals surface area contributed by atoms with Crippen molar-refractivity contribution in [2.24, 2.45) is 0 Å². The molecule has 1 saturated heterocycles. The summed E-state index contributed by atoms with van der Waals surface area (Å²) in [5.74, 6) is 1.70. The quantitative estimate of drug-likeness (QED) is 0.778. The third kappa shape index (κ3) is 4.33. The minimum absolute atomic E-state index is 0.0109. The molecule has 0 atom stereocenters. The molecule has 1 N–H and O–H groups in total. The molecule has 2 heterocycles. The molecule has 0 spiro atoms. The monoisotopic (exact) mass is 411 g/mol. The van der Waals surface area contributed by atoms with Crippen LogP contribution in [-0.2, 0) is 0 Å². The molecule has 8 nitrogen and oxygen atoms in total. The van der Waals surface area contributed by atoms with Gasteiger partial charge < -0.3 is 24.4 Å². The molecule has 0 unspecified atom stereocenters. The Balaban J connectivity index is 1.22. The Bertz CT molecular complexity index is 925. The smallest absolute Gasteiger partial charge is 0.257 e. The summed E-state index contributed by atoms with van der Waals surface area (Å²) in [7, 11) is 1.57. The maximum Gasteiger partial charge on any atom is 0.257 e. The third-order valence-electron chi connectivity index (χ3n) is 5.35. The topological polar surface area (TPSA) is 80.3 Å². The lowest BCUT2D eigenvalue weighted by molar-refractivity contribution is 0.0635. The van der Waals surface area contributed by atoms with Crippen LogP contribution in [-0.4, -0.2) is 74.8 Å². The highest BCUT2D eigenvalue weighted by Crippen LogP contribution is 2.32. The van der Waals surface area contributed by atoms with E-state index in [1.54, 1.807) is 37.4 Å². The first kappa shape index (κ1) is 20.0. The van der Waals surface area contributed by atoms with Crippen LogP contribution in [0.5, 0.6) is 17.2 Å². The Labute approximate surface area is 175 Å². The fraction of sp³-hybridized carbons (Fsp3) is 0.364. The first-order chi connectivity index (χ1) is 14.7. The molecule has 2 aromatic carbocycles. The van der Waals surface area contributed by atoms with Crippen LogP contribution < -0.4 is 19.5 Å². The highest BCUT2D eigenvalue weighted by Gasteiger charge is 2.24. The number of methoxy groups -OCH3 is 1. The van der Waals surface area contributed by atoms with Crippen molar-refractivity contribution < 1.29 is 23.8 Å². The number of ether oxygens (including phenoxy) is 3. The number of piperazine rings is 1. The van der Waals surface area contributed by atoms with Crippen LogP contribution in [0.4, 0.5) is 0 Å². The number of nitrogens with zero attached hydrogens (tertiary/aromatic N) is 2. The number of carbonyl (C=O) groups excluding carboxylic acids is 2. The average Bonchev–Trinajstić information content (AvgIpc) is 3.27. The highest BCUT2D eigenvalue weighted by atomic mass is 16.7. The van der Waals surface area contributed by atoms with E-state index in [1.165, 1.54) is 0 Å². The Morgan fingerprint density at radius 1 is 1.03 bits per heavy atom. The van der Waals surface area contributed by atoms with E-state index in [0.29, 0.717) is 48.0 Å². The molecule has 2 aliphatic rings. The summed E-state index contributed by atoms with van der Waals surface area (Å²) in [4.78, 5) is 29.2. The Hall–Kier alpha value is -3.26. The molecule has 0 aliphatic carbocycles. The van der Waals surface area contributed by atoms with Gasteiger partial charge in [-0.15, -0.1) is 0 Å². The van der Waals surface area contributed by atoms with Gasteiger partial charge in [0.1, 0.15) is 5.75 Å². The van der Waals surface area contributed by atoms with E-state index in [2.05, 4.69) is 10.2 Å². The minimum atomic E-state index is -0.140. The summed E-state index contributed by atoms with van der Waals surface area (Å²) in [6, 6.07) is 12.5. The maximum absolute atomic E-state index is 12.8. The zero-order chi connectivity index (χ0) is 20.9. The van der Waals surface area contributed by atoms with E-state index in [1.807, 2.05) is 17.0 Å². The fourth-order valence-electron chi connectivity index (χ4n) is 3.63. The zero-order valence-corrected chi connectivity index (χ0v) is 16.9. The molecule has 2 amide bonds. The van der Waals surface area contributed by atoms with Crippen molar-refractivity contribution in [3.05, 3.63) is 53.6 Å². The van der Waals surface area contributed by atoms with E-state index in [4.69, 9.17) is 14.2 Å². The van der Waals surface area contributed by atoms with E-state index >= 15 is 0 Å². The van der Waals surface area contributed by atoms with Gasteiger partial charge in [0.25, 0.3) is 11.8 Å². The van der Waals surface area contributed by atoms with Crippen molar-refractivity contribution in [3.8, 4) is 17.2 Å². The molecule has 2 aliphatic heterocycles. The Morgan fingerprint density at radius 2 is 1.80 bits per heavy atom. The number of hydrogen-bond donors (Lipinski definition) is 1. The molecule has 4 rings (SSSR count). The first-order valence-electron chi connectivity index (χ1n) is 9.98. The summed E-state index contributed by atoms with van der Waals surface area (Å²) >= 11 is 0. The van der Waals surface area contributed by atoms with Gasteiger partial charge in [-0.3, -0.25) is 14.5 Å². The van der Waals surface area contributed by atoms with Gasteiger partial charge in [-0.05, 0) is 30.3 Å². The van der Waals surface area contributed by atoms with E-state index in [0.717, 1.165) is 19.6 Å². The largest absolute Gasteiger partial charge is 0.496 e. The number of amides is 2. The van der Waals surface area contributed by atoms with Gasteiger partial charge >= 0.3 is 0 Å². The van der Waals surface area contributed by atoms with Crippen molar-refractivity contribution >= 4 is 11.8 Å². The average molecular weight is 411 g/mol. The second-order valence-electron chi connectivity index (χ2n) is 7.16. The standard InChI is InChI=1S/C22H25N3O5/c1-28-18-5-3-2-4-17(18)22(27)25-12-10-24(11-13-25)9-8-23-21(26)16-6-7-19-20(14-16)30-15-29-19/h2-7,14H,8-13,15H2,1H3,(H,23,26). The van der Waals surface area contributed by atoms with E-state index < -0.39 is 0 Å². The molecule has 0 radical (unpaired) electrons. The normalized spacial score (nSPS) is 15.7. The number of benzene rings is 2. The second kappa shape index (κ2) is 9.04. The van der Waals surface area contributed by atoms with Gasteiger partial charge in [0.05, 0.1) is 12.7 Å². The van der Waals surface area contributed by atoms with Crippen LogP contribution in [0.1, 0.15) is 20.7 Å². The summed E-state index contributed by atoms with van der Waals surface area (Å²) in [6.07, 6.45) is 0. The molecule has 0 aromatic heterocycles. The predicted molar refractivity (Wildman–Crippen MR) is 110 cm³/mol. The summed E-state index contributed by atoms with van der Waals surface area (Å²) in [6.45, 7) is 4.27. The van der Waals surface area contributed by atoms with Crippen LogP contribution in [0.2, 0.25) is 0 Å². The van der Waals surface area contributed by atoms with Crippen molar-refractivity contribution in [2.75, 3.05) is 53.2 Å². The maximum atomic E-state index is 12.8. The molecule has 0 saturated carbocycles. The lowest BCUT2D eigenvalue weighted by atomic mass is 10.1.